The summed E-state index contributed by atoms with van der Waals surface area (Å²) in [6, 6.07) is 0. The minimum atomic E-state index is -0.0420. The lowest BCUT2D eigenvalue weighted by Gasteiger charge is -1.92. The lowest BCUT2D eigenvalue weighted by atomic mass is 10.9. The average molecular weight is 144 g/mol. The summed E-state index contributed by atoms with van der Waals surface area (Å²) in [6.45, 7) is -0.0420. The molecule has 1 heterocycles. The fraction of sp³-hybridized carbons (Fsp3) is 0.400. The van der Waals surface area contributed by atoms with E-state index in [1.165, 1.54) is 0 Å². The second-order valence-electron chi connectivity index (χ2n) is 1.80. The van der Waals surface area contributed by atoms with E-state index in [0.29, 0.717) is 4.77 Å². The van der Waals surface area contributed by atoms with Crippen LogP contribution >= 0.6 is 12.2 Å². The zero-order valence-electron chi connectivity index (χ0n) is 5.11. The van der Waals surface area contributed by atoms with Crippen molar-refractivity contribution in [1.82, 2.24) is 9.13 Å². The molecule has 0 saturated carbocycles. The average Bonchev–Trinajstić information content (AvgIpc) is 2.15. The number of aryl methyl sites for hydroxylation is 1. The van der Waals surface area contributed by atoms with E-state index in [1.54, 1.807) is 21.5 Å². The van der Waals surface area contributed by atoms with Gasteiger partial charge in [-0.15, -0.1) is 0 Å². The molecular formula is C5H8N2OS. The van der Waals surface area contributed by atoms with Gasteiger partial charge in [-0.1, -0.05) is 0 Å². The van der Waals surface area contributed by atoms with E-state index in [-0.39, 0.29) is 6.73 Å². The minimum Gasteiger partial charge on any atom is -0.376 e. The number of hydrogen-bond donors (Lipinski definition) is 1. The van der Waals surface area contributed by atoms with Crippen molar-refractivity contribution in [3.8, 4) is 0 Å². The van der Waals surface area contributed by atoms with E-state index in [1.807, 2.05) is 7.05 Å². The molecule has 1 aromatic rings. The summed E-state index contributed by atoms with van der Waals surface area (Å²) in [5, 5.41) is 8.61. The largest absolute Gasteiger partial charge is 0.376 e. The van der Waals surface area contributed by atoms with E-state index >= 15 is 0 Å². The highest BCUT2D eigenvalue weighted by atomic mass is 32.1. The predicted molar refractivity (Wildman–Crippen MR) is 36.5 cm³/mol. The molecular weight excluding hydrogens is 136 g/mol. The van der Waals surface area contributed by atoms with Crippen LogP contribution in [0.25, 0.3) is 0 Å². The van der Waals surface area contributed by atoms with Crippen molar-refractivity contribution in [3.63, 3.8) is 0 Å². The Bertz CT molecular complexity index is 250. The van der Waals surface area contributed by atoms with Gasteiger partial charge in [0.2, 0.25) is 0 Å². The Hall–Kier alpha value is -0.610. The van der Waals surface area contributed by atoms with Crippen LogP contribution in [0.4, 0.5) is 0 Å². The second kappa shape index (κ2) is 2.33. The van der Waals surface area contributed by atoms with Gasteiger partial charge in [0.15, 0.2) is 4.77 Å². The second-order valence-corrected chi connectivity index (χ2v) is 2.17. The quantitative estimate of drug-likeness (QED) is 0.582. The smallest absolute Gasteiger partial charge is 0.181 e. The van der Waals surface area contributed by atoms with Crippen LogP contribution in [0.3, 0.4) is 0 Å². The molecule has 1 rings (SSSR count). The zero-order chi connectivity index (χ0) is 6.85. The van der Waals surface area contributed by atoms with Crippen LogP contribution < -0.4 is 0 Å². The summed E-state index contributed by atoms with van der Waals surface area (Å²) in [6.07, 6.45) is 3.54. The van der Waals surface area contributed by atoms with E-state index < -0.39 is 0 Å². The maximum absolute atomic E-state index is 8.61. The molecule has 0 aliphatic carbocycles. The van der Waals surface area contributed by atoms with Gasteiger partial charge in [-0.3, -0.25) is 0 Å². The zero-order valence-corrected chi connectivity index (χ0v) is 5.93. The van der Waals surface area contributed by atoms with Gasteiger partial charge in [-0.25, -0.2) is 0 Å². The Kier molecular flexibility index (Phi) is 1.68. The first kappa shape index (κ1) is 6.51. The molecule has 0 aromatic carbocycles. The number of aliphatic hydroxyl groups excluding tert-OH is 1. The van der Waals surface area contributed by atoms with Gasteiger partial charge in [0.1, 0.15) is 6.73 Å². The molecule has 0 aliphatic heterocycles. The van der Waals surface area contributed by atoms with E-state index in [4.69, 9.17) is 17.3 Å². The third-order valence-electron chi connectivity index (χ3n) is 1.17. The first-order valence-corrected chi connectivity index (χ1v) is 2.99. The molecule has 0 saturated heterocycles. The van der Waals surface area contributed by atoms with Crippen LogP contribution in [-0.2, 0) is 13.8 Å². The fourth-order valence-electron chi connectivity index (χ4n) is 0.618. The van der Waals surface area contributed by atoms with E-state index in [0.717, 1.165) is 0 Å². The van der Waals surface area contributed by atoms with Crippen molar-refractivity contribution < 1.29 is 5.11 Å². The maximum atomic E-state index is 8.61. The van der Waals surface area contributed by atoms with Gasteiger partial charge < -0.3 is 14.2 Å². The number of imidazole rings is 1. The Morgan fingerprint density at radius 1 is 1.67 bits per heavy atom. The fourth-order valence-corrected chi connectivity index (χ4v) is 0.798. The highest BCUT2D eigenvalue weighted by Crippen LogP contribution is 1.91. The third-order valence-corrected chi connectivity index (χ3v) is 1.69. The number of nitrogens with zero attached hydrogens (tertiary/aromatic N) is 2. The first-order valence-electron chi connectivity index (χ1n) is 2.58. The molecule has 0 radical (unpaired) electrons. The number of hydrogen-bond acceptors (Lipinski definition) is 2. The lowest BCUT2D eigenvalue weighted by molar-refractivity contribution is 0.208. The topological polar surface area (TPSA) is 30.1 Å². The maximum Gasteiger partial charge on any atom is 0.181 e. The van der Waals surface area contributed by atoms with Crippen molar-refractivity contribution >= 4 is 12.2 Å². The molecule has 1 aromatic heterocycles. The van der Waals surface area contributed by atoms with Crippen molar-refractivity contribution in [2.45, 2.75) is 6.73 Å². The molecule has 4 heteroatoms. The Labute approximate surface area is 58.2 Å². The van der Waals surface area contributed by atoms with Gasteiger partial charge in [-0.2, -0.15) is 0 Å². The molecule has 9 heavy (non-hydrogen) atoms. The summed E-state index contributed by atoms with van der Waals surface area (Å²) in [4.78, 5) is 0. The van der Waals surface area contributed by atoms with Gasteiger partial charge in [0.05, 0.1) is 0 Å². The third kappa shape index (κ3) is 1.04. The molecule has 0 bridgehead atoms. The molecule has 1 N–H and O–H groups in total. The summed E-state index contributed by atoms with van der Waals surface area (Å²) in [5.74, 6) is 0. The SMILES string of the molecule is Cn1ccn(CO)c1=S. The van der Waals surface area contributed by atoms with Crippen LogP contribution in [-0.4, -0.2) is 14.2 Å². The van der Waals surface area contributed by atoms with Crippen molar-refractivity contribution in [3.05, 3.63) is 17.2 Å². The summed E-state index contributed by atoms with van der Waals surface area (Å²) in [7, 11) is 1.84. The highest BCUT2D eigenvalue weighted by Gasteiger charge is 1.90. The summed E-state index contributed by atoms with van der Waals surface area (Å²) < 4.78 is 3.98. The predicted octanol–water partition coefficient (Wildman–Crippen LogP) is 0.506. The van der Waals surface area contributed by atoms with Crippen LogP contribution in [0.15, 0.2) is 12.4 Å². The van der Waals surface area contributed by atoms with Crippen LogP contribution in [0, 0.1) is 4.77 Å². The van der Waals surface area contributed by atoms with Crippen molar-refractivity contribution in [2.75, 3.05) is 0 Å². The van der Waals surface area contributed by atoms with Gasteiger partial charge >= 0.3 is 0 Å². The normalized spacial score (nSPS) is 10.0. The standard InChI is InChI=1S/C5H8N2OS/c1-6-2-3-7(4-8)5(6)9/h2-3,8H,4H2,1H3. The Morgan fingerprint density at radius 2 is 2.33 bits per heavy atom. The molecule has 0 aliphatic rings. The molecule has 0 spiro atoms. The Balaban J connectivity index is 3.20. The Morgan fingerprint density at radius 3 is 2.56 bits per heavy atom. The van der Waals surface area contributed by atoms with Crippen molar-refractivity contribution in [2.24, 2.45) is 7.05 Å². The lowest BCUT2D eigenvalue weighted by Crippen LogP contribution is -1.96. The monoisotopic (exact) mass is 144 g/mol. The number of aromatic nitrogens is 2. The van der Waals surface area contributed by atoms with E-state index in [9.17, 15) is 0 Å². The highest BCUT2D eigenvalue weighted by molar-refractivity contribution is 7.71. The van der Waals surface area contributed by atoms with Crippen LogP contribution in [0.1, 0.15) is 0 Å². The molecule has 0 atom stereocenters. The number of rotatable bonds is 1. The summed E-state index contributed by atoms with van der Waals surface area (Å²) in [5.41, 5.74) is 0. The molecule has 0 fully saturated rings. The van der Waals surface area contributed by atoms with Crippen LogP contribution in [0.5, 0.6) is 0 Å². The van der Waals surface area contributed by atoms with Gasteiger partial charge in [0, 0.05) is 19.4 Å². The van der Waals surface area contributed by atoms with Gasteiger partial charge in [0.25, 0.3) is 0 Å². The summed E-state index contributed by atoms with van der Waals surface area (Å²) >= 11 is 4.89. The molecule has 0 unspecified atom stereocenters. The van der Waals surface area contributed by atoms with Crippen molar-refractivity contribution in [1.29, 1.82) is 0 Å². The molecule has 3 nitrogen and oxygen atoms in total. The number of aliphatic hydroxyl groups is 1. The first-order chi connectivity index (χ1) is 4.25. The minimum absolute atomic E-state index is 0.0420. The molecule has 0 amide bonds. The van der Waals surface area contributed by atoms with Gasteiger partial charge in [-0.05, 0) is 12.2 Å². The molecule has 50 valence electrons. The van der Waals surface area contributed by atoms with E-state index in [2.05, 4.69) is 0 Å². The van der Waals surface area contributed by atoms with Crippen LogP contribution in [0.2, 0.25) is 0 Å².